The zero-order chi connectivity index (χ0) is 18.4. The number of hydrogen-bond acceptors (Lipinski definition) is 5. The van der Waals surface area contributed by atoms with E-state index < -0.39 is 21.8 Å². The number of hydrazine groups is 1. The van der Waals surface area contributed by atoms with Crippen LogP contribution in [0.4, 0.5) is 0 Å². The van der Waals surface area contributed by atoms with Gasteiger partial charge in [0.05, 0.1) is 11.2 Å². The molecule has 0 saturated heterocycles. The van der Waals surface area contributed by atoms with Gasteiger partial charge >= 0.3 is 5.91 Å². The van der Waals surface area contributed by atoms with Crippen molar-refractivity contribution in [3.05, 3.63) is 53.5 Å². The Kier molecular flexibility index (Phi) is 5.94. The van der Waals surface area contributed by atoms with Gasteiger partial charge in [0, 0.05) is 13.0 Å². The average molecular weight is 365 g/mol. The lowest BCUT2D eigenvalue weighted by Crippen LogP contribution is -2.42. The van der Waals surface area contributed by atoms with E-state index in [9.17, 15) is 18.0 Å². The van der Waals surface area contributed by atoms with E-state index in [4.69, 9.17) is 4.42 Å². The Bertz CT molecular complexity index is 860. The molecule has 0 aliphatic rings. The first-order valence-corrected chi connectivity index (χ1v) is 8.97. The van der Waals surface area contributed by atoms with Gasteiger partial charge in [0.2, 0.25) is 15.9 Å². The van der Waals surface area contributed by atoms with Gasteiger partial charge in [-0.05, 0) is 49.2 Å². The van der Waals surface area contributed by atoms with Gasteiger partial charge in [-0.15, -0.1) is 0 Å². The smallest absolute Gasteiger partial charge is 0.305 e. The number of nitrogens with one attached hydrogen (secondary N) is 3. The number of carbonyl (C=O) groups excluding carboxylic acids is 2. The molecule has 8 nitrogen and oxygen atoms in total. The van der Waals surface area contributed by atoms with Crippen LogP contribution in [0.3, 0.4) is 0 Å². The standard InChI is InChI=1S/C16H19N3O5S/c1-11-5-6-13(10-12(11)2)25(22,23)17-8-7-15(20)18-19-16(21)14-4-3-9-24-14/h3-6,9-10,17H,7-8H2,1-2H3,(H,18,20)(H,19,21). The molecule has 0 fully saturated rings. The number of amides is 2. The highest BCUT2D eigenvalue weighted by atomic mass is 32.2. The van der Waals surface area contributed by atoms with Crippen LogP contribution in [0, 0.1) is 13.8 Å². The summed E-state index contributed by atoms with van der Waals surface area (Å²) < 4.78 is 31.6. The van der Waals surface area contributed by atoms with E-state index in [1.165, 1.54) is 24.5 Å². The molecule has 0 radical (unpaired) electrons. The number of rotatable bonds is 6. The summed E-state index contributed by atoms with van der Waals surface area (Å²) in [6, 6.07) is 7.79. The molecule has 0 spiro atoms. The van der Waals surface area contributed by atoms with Gasteiger partial charge in [0.1, 0.15) is 0 Å². The largest absolute Gasteiger partial charge is 0.459 e. The molecule has 1 aromatic carbocycles. The molecule has 0 unspecified atom stereocenters. The fourth-order valence-electron chi connectivity index (χ4n) is 1.92. The van der Waals surface area contributed by atoms with Gasteiger partial charge in [0.15, 0.2) is 5.76 Å². The van der Waals surface area contributed by atoms with Crippen molar-refractivity contribution >= 4 is 21.8 Å². The van der Waals surface area contributed by atoms with Gasteiger partial charge in [-0.1, -0.05) is 6.07 Å². The maximum absolute atomic E-state index is 12.2. The number of benzene rings is 1. The van der Waals surface area contributed by atoms with E-state index in [0.717, 1.165) is 11.1 Å². The van der Waals surface area contributed by atoms with Crippen molar-refractivity contribution in [2.24, 2.45) is 0 Å². The van der Waals surface area contributed by atoms with Crippen LogP contribution in [0.2, 0.25) is 0 Å². The normalized spacial score (nSPS) is 11.1. The van der Waals surface area contributed by atoms with Gasteiger partial charge in [-0.2, -0.15) is 0 Å². The van der Waals surface area contributed by atoms with E-state index in [-0.39, 0.29) is 23.6 Å². The van der Waals surface area contributed by atoms with E-state index in [1.54, 1.807) is 12.1 Å². The number of aryl methyl sites for hydroxylation is 2. The lowest BCUT2D eigenvalue weighted by Gasteiger charge is -2.09. The Balaban J connectivity index is 1.80. The highest BCUT2D eigenvalue weighted by Gasteiger charge is 2.15. The first kappa shape index (κ1) is 18.7. The van der Waals surface area contributed by atoms with Crippen LogP contribution in [0.25, 0.3) is 0 Å². The molecule has 2 amide bonds. The molecule has 0 atom stereocenters. The molecule has 1 aromatic heterocycles. The van der Waals surface area contributed by atoms with Crippen LogP contribution in [0.15, 0.2) is 45.9 Å². The molecule has 0 aliphatic heterocycles. The second-order valence-corrected chi connectivity index (χ2v) is 7.14. The van der Waals surface area contributed by atoms with Crippen LogP contribution in [0.1, 0.15) is 28.1 Å². The second kappa shape index (κ2) is 7.95. The summed E-state index contributed by atoms with van der Waals surface area (Å²) in [6.45, 7) is 3.61. The zero-order valence-corrected chi connectivity index (χ0v) is 14.6. The molecule has 3 N–H and O–H groups in total. The van der Waals surface area contributed by atoms with E-state index in [1.807, 2.05) is 13.8 Å². The molecule has 2 aromatic rings. The first-order chi connectivity index (χ1) is 11.8. The average Bonchev–Trinajstić information content (AvgIpc) is 3.09. The lowest BCUT2D eigenvalue weighted by atomic mass is 10.1. The quantitative estimate of drug-likeness (QED) is 0.661. The Hall–Kier alpha value is -2.65. The number of carbonyl (C=O) groups is 2. The first-order valence-electron chi connectivity index (χ1n) is 7.49. The molecule has 0 saturated carbocycles. The topological polar surface area (TPSA) is 118 Å². The number of sulfonamides is 1. The number of furan rings is 1. The molecule has 9 heteroatoms. The molecule has 2 rings (SSSR count). The van der Waals surface area contributed by atoms with Gasteiger partial charge < -0.3 is 4.42 Å². The van der Waals surface area contributed by atoms with E-state index in [2.05, 4.69) is 15.6 Å². The maximum atomic E-state index is 12.2. The minimum Gasteiger partial charge on any atom is -0.459 e. The van der Waals surface area contributed by atoms with Gasteiger partial charge in [-0.3, -0.25) is 20.4 Å². The predicted octanol–water partition coefficient (Wildman–Crippen LogP) is 1.03. The summed E-state index contributed by atoms with van der Waals surface area (Å²) in [4.78, 5) is 23.3. The summed E-state index contributed by atoms with van der Waals surface area (Å²) in [5.41, 5.74) is 6.20. The van der Waals surface area contributed by atoms with E-state index >= 15 is 0 Å². The molecule has 0 bridgehead atoms. The minimum absolute atomic E-state index is 0.0516. The van der Waals surface area contributed by atoms with Crippen molar-refractivity contribution < 1.29 is 22.4 Å². The van der Waals surface area contributed by atoms with Crippen molar-refractivity contribution in [1.29, 1.82) is 0 Å². The van der Waals surface area contributed by atoms with Crippen LogP contribution in [-0.2, 0) is 14.8 Å². The Labute approximate surface area is 145 Å². The van der Waals surface area contributed by atoms with Crippen LogP contribution < -0.4 is 15.6 Å². The Morgan fingerprint density at radius 2 is 1.84 bits per heavy atom. The SMILES string of the molecule is Cc1ccc(S(=O)(=O)NCCC(=O)NNC(=O)c2ccco2)cc1C. The van der Waals surface area contributed by atoms with Crippen LogP contribution in [-0.4, -0.2) is 26.8 Å². The Morgan fingerprint density at radius 3 is 2.48 bits per heavy atom. The van der Waals surface area contributed by atoms with E-state index in [0.29, 0.717) is 0 Å². The predicted molar refractivity (Wildman–Crippen MR) is 90.0 cm³/mol. The van der Waals surface area contributed by atoms with Gasteiger partial charge in [-0.25, -0.2) is 13.1 Å². The minimum atomic E-state index is -3.69. The molecule has 0 aliphatic carbocycles. The van der Waals surface area contributed by atoms with Crippen molar-refractivity contribution in [1.82, 2.24) is 15.6 Å². The summed E-state index contributed by atoms with van der Waals surface area (Å²) in [5, 5.41) is 0. The van der Waals surface area contributed by atoms with Gasteiger partial charge in [0.25, 0.3) is 0 Å². The molecule has 134 valence electrons. The van der Waals surface area contributed by atoms with Crippen molar-refractivity contribution in [2.45, 2.75) is 25.2 Å². The molecular weight excluding hydrogens is 346 g/mol. The fourth-order valence-corrected chi connectivity index (χ4v) is 3.04. The van der Waals surface area contributed by atoms with Crippen molar-refractivity contribution in [3.63, 3.8) is 0 Å². The molecular formula is C16H19N3O5S. The highest BCUT2D eigenvalue weighted by molar-refractivity contribution is 7.89. The Morgan fingerprint density at radius 1 is 1.08 bits per heavy atom. The van der Waals surface area contributed by atoms with Crippen molar-refractivity contribution in [3.8, 4) is 0 Å². The summed E-state index contributed by atoms with van der Waals surface area (Å²) in [5.74, 6) is -1.09. The number of hydrogen-bond donors (Lipinski definition) is 3. The maximum Gasteiger partial charge on any atom is 0.305 e. The van der Waals surface area contributed by atoms with Crippen LogP contribution >= 0.6 is 0 Å². The second-order valence-electron chi connectivity index (χ2n) is 5.37. The van der Waals surface area contributed by atoms with Crippen LogP contribution in [0.5, 0.6) is 0 Å². The summed E-state index contributed by atoms with van der Waals surface area (Å²) >= 11 is 0. The third-order valence-electron chi connectivity index (χ3n) is 3.49. The third kappa shape index (κ3) is 5.16. The monoisotopic (exact) mass is 365 g/mol. The third-order valence-corrected chi connectivity index (χ3v) is 4.95. The zero-order valence-electron chi connectivity index (χ0n) is 13.8. The fraction of sp³-hybridized carbons (Fsp3) is 0.250. The van der Waals surface area contributed by atoms with Crippen molar-refractivity contribution in [2.75, 3.05) is 6.54 Å². The molecule has 1 heterocycles. The highest BCUT2D eigenvalue weighted by Crippen LogP contribution is 2.14. The summed E-state index contributed by atoms with van der Waals surface area (Å²) in [7, 11) is -3.69. The lowest BCUT2D eigenvalue weighted by molar-refractivity contribution is -0.121. The molecule has 25 heavy (non-hydrogen) atoms. The summed E-state index contributed by atoms with van der Waals surface area (Å²) in [6.07, 6.45) is 1.20.